The third-order valence-corrected chi connectivity index (χ3v) is 9.79. The molecule has 1 aromatic carbocycles. The maximum absolute atomic E-state index is 2.38. The summed E-state index contributed by atoms with van der Waals surface area (Å²) >= 11 is -0.874. The summed E-state index contributed by atoms with van der Waals surface area (Å²) in [4.78, 5) is 0. The number of halogens is 2. The van der Waals surface area contributed by atoms with Gasteiger partial charge in [-0.15, -0.1) is 0 Å². The maximum atomic E-state index is 2.38. The molecule has 0 radical (unpaired) electrons. The van der Waals surface area contributed by atoms with Crippen LogP contribution in [0.4, 0.5) is 0 Å². The van der Waals surface area contributed by atoms with E-state index in [1.165, 1.54) is 17.7 Å². The van der Waals surface area contributed by atoms with Crippen LogP contribution in [-0.2, 0) is 22.9 Å². The number of hydrogen-bond acceptors (Lipinski definition) is 0. The molecule has 110 valence electrons. The molecule has 1 unspecified atom stereocenters. The van der Waals surface area contributed by atoms with E-state index in [0.29, 0.717) is 3.67 Å². The largest absolute Gasteiger partial charge is 1.00 e. The summed E-state index contributed by atoms with van der Waals surface area (Å²) in [5.41, 5.74) is 4.44. The summed E-state index contributed by atoms with van der Waals surface area (Å²) in [5, 5.41) is 0. The van der Waals surface area contributed by atoms with E-state index in [0.717, 1.165) is 0 Å². The van der Waals surface area contributed by atoms with Crippen molar-refractivity contribution in [1.29, 1.82) is 0 Å². The van der Waals surface area contributed by atoms with Crippen LogP contribution in [0, 0.1) is 0 Å². The minimum Gasteiger partial charge on any atom is -1.00 e. The maximum Gasteiger partial charge on any atom is -1.00 e. The Hall–Kier alpha value is -0.830. The molecular formula is C18H15Cl2HfN. The molecule has 2 aliphatic rings. The van der Waals surface area contributed by atoms with Gasteiger partial charge in [-0.25, -0.2) is 0 Å². The Kier molecular flexibility index (Phi) is 6.08. The Balaban J connectivity index is 0.000000882. The summed E-state index contributed by atoms with van der Waals surface area (Å²) in [6, 6.07) is 13.1. The van der Waals surface area contributed by atoms with Gasteiger partial charge in [-0.3, -0.25) is 0 Å². The molecule has 2 aliphatic carbocycles. The average molecular weight is 495 g/mol. The van der Waals surface area contributed by atoms with Crippen LogP contribution >= 0.6 is 0 Å². The fraction of sp³-hybridized carbons (Fsp3) is 0.111. The van der Waals surface area contributed by atoms with Crippen LogP contribution in [0.1, 0.15) is 21.2 Å². The van der Waals surface area contributed by atoms with E-state index < -0.39 is 22.9 Å². The van der Waals surface area contributed by atoms with Crippen molar-refractivity contribution in [3.05, 3.63) is 81.5 Å². The molecule has 0 saturated carbocycles. The van der Waals surface area contributed by atoms with Gasteiger partial charge >= 0.3 is 131 Å². The van der Waals surface area contributed by atoms with Crippen molar-refractivity contribution in [3.8, 4) is 0 Å². The quantitative estimate of drug-likeness (QED) is 0.457. The fourth-order valence-corrected chi connectivity index (χ4v) is 8.67. The predicted molar refractivity (Wildman–Crippen MR) is 79.6 cm³/mol. The molecule has 1 aromatic heterocycles. The minimum atomic E-state index is -0.874. The Morgan fingerprint density at radius 2 is 1.77 bits per heavy atom. The van der Waals surface area contributed by atoms with Gasteiger partial charge in [0.05, 0.1) is 0 Å². The second kappa shape index (κ2) is 7.63. The van der Waals surface area contributed by atoms with E-state index in [-0.39, 0.29) is 24.8 Å². The molecule has 1 atom stereocenters. The first-order valence-corrected chi connectivity index (χ1v) is 10.8. The van der Waals surface area contributed by atoms with Crippen molar-refractivity contribution >= 4 is 11.8 Å². The zero-order valence-corrected chi connectivity index (χ0v) is 17.0. The molecule has 0 amide bonds. The average Bonchev–Trinajstić information content (AvgIpc) is 3.19. The number of fused-ring (bicyclic) bond motifs is 1. The van der Waals surface area contributed by atoms with Crippen molar-refractivity contribution in [2.75, 3.05) is 0 Å². The predicted octanol–water partition coefficient (Wildman–Crippen LogP) is -1.52. The number of aromatic nitrogens is 1. The number of benzene rings is 1. The molecule has 0 N–H and O–H groups in total. The van der Waals surface area contributed by atoms with Gasteiger partial charge in [-0.2, -0.15) is 0 Å². The molecule has 0 bridgehead atoms. The second-order valence-corrected chi connectivity index (χ2v) is 10.6. The number of rotatable bonds is 3. The first-order chi connectivity index (χ1) is 9.92. The van der Waals surface area contributed by atoms with Crippen LogP contribution in [0.15, 0.2) is 70.3 Å². The van der Waals surface area contributed by atoms with Crippen molar-refractivity contribution in [1.82, 2.24) is 4.57 Å². The van der Waals surface area contributed by atoms with Crippen molar-refractivity contribution in [2.24, 2.45) is 0 Å². The first kappa shape index (κ1) is 17.5. The zero-order valence-electron chi connectivity index (χ0n) is 11.9. The van der Waals surface area contributed by atoms with Crippen LogP contribution in [-0.4, -0.2) is 4.57 Å². The molecule has 2 aromatic rings. The van der Waals surface area contributed by atoms with Crippen LogP contribution in [0.5, 0.6) is 0 Å². The molecule has 22 heavy (non-hydrogen) atoms. The molecule has 0 spiro atoms. The minimum absolute atomic E-state index is 0. The molecule has 0 aliphatic heterocycles. The Morgan fingerprint density at radius 1 is 1.00 bits per heavy atom. The Morgan fingerprint density at radius 3 is 2.50 bits per heavy atom. The number of nitrogens with zero attached hydrogens (tertiary/aromatic N) is 1. The van der Waals surface area contributed by atoms with Crippen LogP contribution in [0.25, 0.3) is 11.8 Å². The summed E-state index contributed by atoms with van der Waals surface area (Å²) in [6.45, 7) is 0. The van der Waals surface area contributed by atoms with Gasteiger partial charge < -0.3 is 24.8 Å². The molecule has 4 rings (SSSR count). The van der Waals surface area contributed by atoms with Crippen LogP contribution in [0.3, 0.4) is 0 Å². The summed E-state index contributed by atoms with van der Waals surface area (Å²) in [5.74, 6) is 0. The van der Waals surface area contributed by atoms with Gasteiger partial charge in [0.2, 0.25) is 0 Å². The van der Waals surface area contributed by atoms with Crippen LogP contribution < -0.4 is 24.8 Å². The summed E-state index contributed by atoms with van der Waals surface area (Å²) in [7, 11) is 0. The van der Waals surface area contributed by atoms with Gasteiger partial charge in [0, 0.05) is 0 Å². The van der Waals surface area contributed by atoms with Gasteiger partial charge in [0.15, 0.2) is 0 Å². The van der Waals surface area contributed by atoms with E-state index in [1.54, 1.807) is 8.89 Å². The first-order valence-electron chi connectivity index (χ1n) is 6.98. The van der Waals surface area contributed by atoms with Crippen molar-refractivity contribution in [2.45, 2.75) is 10.1 Å². The van der Waals surface area contributed by atoms with E-state index in [2.05, 4.69) is 77.7 Å². The van der Waals surface area contributed by atoms with Crippen LogP contribution in [0.2, 0.25) is 0 Å². The topological polar surface area (TPSA) is 4.93 Å². The molecule has 1 heterocycles. The normalized spacial score (nSPS) is 17.7. The van der Waals surface area contributed by atoms with E-state index in [1.807, 2.05) is 0 Å². The monoisotopic (exact) mass is 495 g/mol. The second-order valence-electron chi connectivity index (χ2n) is 5.19. The molecule has 0 fully saturated rings. The fourth-order valence-electron chi connectivity index (χ4n) is 2.93. The van der Waals surface area contributed by atoms with Gasteiger partial charge in [0.25, 0.3) is 0 Å². The Bertz CT molecular complexity index is 729. The Labute approximate surface area is 155 Å². The smallest absolute Gasteiger partial charge is 1.00 e. The molecule has 0 saturated heterocycles. The number of allylic oxidation sites excluding steroid dienone is 5. The standard InChI is InChI=1S/C13H10N.C5H5.2ClH.Hf/c1-2-6-12-10-13(9-11(12)5-1)14-7-3-4-8-14;1-2-4-5-3-1;;;/h1-10H;1-3H,4H2;2*1H;/q;;;;+2/p-2. The third kappa shape index (κ3) is 3.24. The molecular weight excluding hydrogens is 480 g/mol. The van der Waals surface area contributed by atoms with Gasteiger partial charge in [-0.05, 0) is 0 Å². The van der Waals surface area contributed by atoms with E-state index in [9.17, 15) is 0 Å². The molecule has 1 nitrogen and oxygen atoms in total. The van der Waals surface area contributed by atoms with Crippen molar-refractivity contribution < 1.29 is 47.7 Å². The van der Waals surface area contributed by atoms with Crippen molar-refractivity contribution in [3.63, 3.8) is 0 Å². The van der Waals surface area contributed by atoms with E-state index in [4.69, 9.17) is 0 Å². The SMILES string of the molecule is C1=CC[C]([Hf+2][CH]2C(n3cccc3)=Cc3ccccc32)=C1.[Cl-].[Cl-]. The summed E-state index contributed by atoms with van der Waals surface area (Å²) in [6.07, 6.45) is 14.8. The third-order valence-electron chi connectivity index (χ3n) is 3.91. The van der Waals surface area contributed by atoms with Gasteiger partial charge in [-0.1, -0.05) is 0 Å². The van der Waals surface area contributed by atoms with E-state index >= 15 is 0 Å². The summed E-state index contributed by atoms with van der Waals surface area (Å²) < 4.78 is 4.70. The van der Waals surface area contributed by atoms with Gasteiger partial charge in [0.1, 0.15) is 0 Å². The molecule has 4 heteroatoms. The zero-order chi connectivity index (χ0) is 13.4. The number of hydrogen-bond donors (Lipinski definition) is 0.